The number of alkyl halides is 1. The molecule has 1 aromatic rings. The van der Waals surface area contributed by atoms with E-state index in [-0.39, 0.29) is 11.6 Å². The molecular weight excluding hydrogens is 235 g/mol. The largest absolute Gasteiger partial charge is 0.494 e. The van der Waals surface area contributed by atoms with E-state index in [0.717, 1.165) is 0 Å². The van der Waals surface area contributed by atoms with Crippen molar-refractivity contribution in [2.24, 2.45) is 0 Å². The average molecular weight is 243 g/mol. The lowest BCUT2D eigenvalue weighted by Crippen LogP contribution is -1.88. The van der Waals surface area contributed by atoms with Crippen molar-refractivity contribution < 1.29 is 9.13 Å². The number of hydrogen-bond donors (Lipinski definition) is 0. The number of rotatable bonds is 1. The predicted molar refractivity (Wildman–Crippen MR) is 53.6 cm³/mol. The Hall–Kier alpha value is -1.01. The molecule has 1 rings (SSSR count). The molecule has 0 unspecified atom stereocenters. The van der Waals surface area contributed by atoms with Gasteiger partial charge in [-0.15, -0.1) is 0 Å². The van der Waals surface area contributed by atoms with Crippen LogP contribution in [-0.2, 0) is 0 Å². The van der Waals surface area contributed by atoms with Crippen LogP contribution in [0, 0.1) is 17.7 Å². The summed E-state index contributed by atoms with van der Waals surface area (Å²) in [4.78, 5) is 0. The molecule has 0 heterocycles. The van der Waals surface area contributed by atoms with E-state index in [1.165, 1.54) is 13.2 Å². The van der Waals surface area contributed by atoms with Gasteiger partial charge in [0, 0.05) is 5.56 Å². The number of ether oxygens (including phenoxy) is 1. The molecule has 0 radical (unpaired) electrons. The molecule has 13 heavy (non-hydrogen) atoms. The third-order valence-corrected chi connectivity index (χ3v) is 1.73. The second kappa shape index (κ2) is 4.88. The summed E-state index contributed by atoms with van der Waals surface area (Å²) >= 11 is 3.16. The topological polar surface area (TPSA) is 9.23 Å². The molecule has 0 aromatic heterocycles. The van der Waals surface area contributed by atoms with Crippen LogP contribution < -0.4 is 4.74 Å². The second-order valence-electron chi connectivity index (χ2n) is 2.28. The predicted octanol–water partition coefficient (Wildman–Crippen LogP) is 2.58. The normalized spacial score (nSPS) is 8.85. The molecule has 0 amide bonds. The van der Waals surface area contributed by atoms with E-state index in [9.17, 15) is 4.39 Å². The fourth-order valence-corrected chi connectivity index (χ4v) is 1.02. The SMILES string of the molecule is COc1ccc(C#CCBr)cc1F. The van der Waals surface area contributed by atoms with Gasteiger partial charge in [-0.3, -0.25) is 0 Å². The summed E-state index contributed by atoms with van der Waals surface area (Å²) in [6.45, 7) is 0. The number of hydrogen-bond acceptors (Lipinski definition) is 1. The highest BCUT2D eigenvalue weighted by molar-refractivity contribution is 9.09. The van der Waals surface area contributed by atoms with Crippen LogP contribution in [0.2, 0.25) is 0 Å². The highest BCUT2D eigenvalue weighted by Gasteiger charge is 2.00. The Labute approximate surface area is 85.0 Å². The standard InChI is InChI=1S/C10H8BrFO/c1-13-10-5-4-8(3-2-6-11)7-9(10)12/h4-5,7H,6H2,1H3. The summed E-state index contributed by atoms with van der Waals surface area (Å²) in [5.74, 6) is 5.44. The van der Waals surface area contributed by atoms with Crippen LogP contribution in [0.25, 0.3) is 0 Å². The Bertz CT molecular complexity index is 352. The molecule has 0 saturated carbocycles. The minimum Gasteiger partial charge on any atom is -0.494 e. The number of halogens is 2. The monoisotopic (exact) mass is 242 g/mol. The Balaban J connectivity index is 2.96. The summed E-state index contributed by atoms with van der Waals surface area (Å²) in [6, 6.07) is 4.64. The second-order valence-corrected chi connectivity index (χ2v) is 2.85. The number of benzene rings is 1. The molecule has 0 aliphatic rings. The van der Waals surface area contributed by atoms with Gasteiger partial charge in [0.05, 0.1) is 12.4 Å². The summed E-state index contributed by atoms with van der Waals surface area (Å²) in [5, 5.41) is 0.584. The molecule has 0 N–H and O–H groups in total. The molecule has 0 bridgehead atoms. The third kappa shape index (κ3) is 2.74. The van der Waals surface area contributed by atoms with E-state index in [0.29, 0.717) is 10.9 Å². The molecule has 0 aliphatic heterocycles. The Morgan fingerprint density at radius 3 is 2.85 bits per heavy atom. The van der Waals surface area contributed by atoms with Crippen molar-refractivity contribution in [2.75, 3.05) is 12.4 Å². The first-order chi connectivity index (χ1) is 6.27. The smallest absolute Gasteiger partial charge is 0.166 e. The third-order valence-electron chi connectivity index (χ3n) is 1.45. The van der Waals surface area contributed by atoms with Gasteiger partial charge in [-0.25, -0.2) is 4.39 Å². The zero-order valence-electron chi connectivity index (χ0n) is 7.10. The molecule has 0 saturated heterocycles. The van der Waals surface area contributed by atoms with E-state index in [1.54, 1.807) is 12.1 Å². The van der Waals surface area contributed by atoms with E-state index < -0.39 is 0 Å². The zero-order valence-corrected chi connectivity index (χ0v) is 8.69. The average Bonchev–Trinajstić information content (AvgIpc) is 2.15. The van der Waals surface area contributed by atoms with Gasteiger partial charge in [0.25, 0.3) is 0 Å². The van der Waals surface area contributed by atoms with Crippen molar-refractivity contribution in [1.29, 1.82) is 0 Å². The summed E-state index contributed by atoms with van der Waals surface area (Å²) in [7, 11) is 1.43. The van der Waals surface area contributed by atoms with E-state index in [1.807, 2.05) is 0 Å². The lowest BCUT2D eigenvalue weighted by atomic mass is 10.2. The minimum atomic E-state index is -0.385. The van der Waals surface area contributed by atoms with Gasteiger partial charge in [0.15, 0.2) is 11.6 Å². The van der Waals surface area contributed by atoms with Crippen LogP contribution in [-0.4, -0.2) is 12.4 Å². The Kier molecular flexibility index (Phi) is 3.78. The number of methoxy groups -OCH3 is 1. The van der Waals surface area contributed by atoms with Crippen molar-refractivity contribution in [2.45, 2.75) is 0 Å². The van der Waals surface area contributed by atoms with Gasteiger partial charge in [-0.05, 0) is 18.2 Å². The molecule has 0 spiro atoms. The van der Waals surface area contributed by atoms with E-state index in [4.69, 9.17) is 4.74 Å². The van der Waals surface area contributed by atoms with E-state index in [2.05, 4.69) is 27.8 Å². The molecule has 0 atom stereocenters. The van der Waals surface area contributed by atoms with Gasteiger partial charge in [0.2, 0.25) is 0 Å². The highest BCUT2D eigenvalue weighted by Crippen LogP contribution is 2.16. The molecule has 68 valence electrons. The van der Waals surface area contributed by atoms with Gasteiger partial charge in [0.1, 0.15) is 0 Å². The van der Waals surface area contributed by atoms with Crippen molar-refractivity contribution in [3.63, 3.8) is 0 Å². The minimum absolute atomic E-state index is 0.240. The zero-order chi connectivity index (χ0) is 9.68. The van der Waals surface area contributed by atoms with Crippen LogP contribution >= 0.6 is 15.9 Å². The Morgan fingerprint density at radius 2 is 2.31 bits per heavy atom. The summed E-state index contributed by atoms with van der Waals surface area (Å²) < 4.78 is 17.8. The summed E-state index contributed by atoms with van der Waals surface area (Å²) in [5.41, 5.74) is 0.651. The van der Waals surface area contributed by atoms with Gasteiger partial charge < -0.3 is 4.74 Å². The molecule has 1 aromatic carbocycles. The Morgan fingerprint density at radius 1 is 1.54 bits per heavy atom. The van der Waals surface area contributed by atoms with Crippen molar-refractivity contribution in [3.05, 3.63) is 29.6 Å². The van der Waals surface area contributed by atoms with Crippen LogP contribution in [0.15, 0.2) is 18.2 Å². The first kappa shape index (κ1) is 10.1. The van der Waals surface area contributed by atoms with E-state index >= 15 is 0 Å². The summed E-state index contributed by atoms with van der Waals surface area (Å²) in [6.07, 6.45) is 0. The first-order valence-electron chi connectivity index (χ1n) is 3.66. The quantitative estimate of drug-likeness (QED) is 0.544. The van der Waals surface area contributed by atoms with Gasteiger partial charge >= 0.3 is 0 Å². The van der Waals surface area contributed by atoms with Crippen LogP contribution in [0.4, 0.5) is 4.39 Å². The maximum absolute atomic E-state index is 13.1. The molecule has 0 aliphatic carbocycles. The van der Waals surface area contributed by atoms with Crippen molar-refractivity contribution >= 4 is 15.9 Å². The maximum Gasteiger partial charge on any atom is 0.166 e. The fourth-order valence-electron chi connectivity index (χ4n) is 0.880. The van der Waals surface area contributed by atoms with Crippen molar-refractivity contribution in [1.82, 2.24) is 0 Å². The van der Waals surface area contributed by atoms with Gasteiger partial charge in [-0.1, -0.05) is 27.8 Å². The lowest BCUT2D eigenvalue weighted by molar-refractivity contribution is 0.386. The molecule has 0 fully saturated rings. The van der Waals surface area contributed by atoms with Crippen LogP contribution in [0.1, 0.15) is 5.56 Å². The maximum atomic E-state index is 13.1. The molecular formula is C10H8BrFO. The highest BCUT2D eigenvalue weighted by atomic mass is 79.9. The van der Waals surface area contributed by atoms with Crippen molar-refractivity contribution in [3.8, 4) is 17.6 Å². The lowest BCUT2D eigenvalue weighted by Gasteiger charge is -2.00. The van der Waals surface area contributed by atoms with Crippen LogP contribution in [0.5, 0.6) is 5.75 Å². The molecule has 1 nitrogen and oxygen atoms in total. The first-order valence-corrected chi connectivity index (χ1v) is 4.78. The van der Waals surface area contributed by atoms with Crippen LogP contribution in [0.3, 0.4) is 0 Å². The molecule has 3 heteroatoms. The fraction of sp³-hybridized carbons (Fsp3) is 0.200. The van der Waals surface area contributed by atoms with Gasteiger partial charge in [-0.2, -0.15) is 0 Å².